The minimum Gasteiger partial charge on any atom is -0.478 e. The number of carbonyl (C=O) groups excluding carboxylic acids is 1. The summed E-state index contributed by atoms with van der Waals surface area (Å²) >= 11 is 0. The quantitative estimate of drug-likeness (QED) is 0.313. The summed E-state index contributed by atoms with van der Waals surface area (Å²) in [4.78, 5) is 23.1. The fourth-order valence-corrected chi connectivity index (χ4v) is 2.76. The maximum absolute atomic E-state index is 11.6. The lowest BCUT2D eigenvalue weighted by atomic mass is 9.87. The first kappa shape index (κ1) is 23.1. The van der Waals surface area contributed by atoms with Crippen LogP contribution in [0.25, 0.3) is 0 Å². The molecule has 9 heteroatoms. The van der Waals surface area contributed by atoms with E-state index >= 15 is 0 Å². The molecule has 1 amide bonds. The Labute approximate surface area is 158 Å². The number of carboxylic acids is 1. The van der Waals surface area contributed by atoms with Gasteiger partial charge in [0.15, 0.2) is 6.10 Å². The van der Waals surface area contributed by atoms with Gasteiger partial charge in [-0.15, -0.1) is 0 Å². The molecule has 1 rings (SSSR count). The summed E-state index contributed by atoms with van der Waals surface area (Å²) in [6, 6.07) is -1.21. The van der Waals surface area contributed by atoms with Gasteiger partial charge in [0.05, 0.1) is 12.6 Å². The van der Waals surface area contributed by atoms with Gasteiger partial charge in [-0.05, 0) is 11.8 Å². The van der Waals surface area contributed by atoms with Gasteiger partial charge in [0.1, 0.15) is 18.3 Å². The summed E-state index contributed by atoms with van der Waals surface area (Å²) in [5.41, 5.74) is -0.130. The second kappa shape index (κ2) is 9.32. The number of aliphatic carboxylic acids is 1. The van der Waals surface area contributed by atoms with Crippen LogP contribution in [0, 0.1) is 5.41 Å². The van der Waals surface area contributed by atoms with Gasteiger partial charge in [0.2, 0.25) is 11.7 Å². The molecular formula is C18H29NO8. The van der Waals surface area contributed by atoms with E-state index in [4.69, 9.17) is 9.84 Å². The maximum atomic E-state index is 11.6. The van der Waals surface area contributed by atoms with Gasteiger partial charge in [-0.3, -0.25) is 4.79 Å². The normalized spacial score (nSPS) is 25.9. The number of nitrogens with one attached hydrogen (secondary N) is 1. The van der Waals surface area contributed by atoms with Crippen LogP contribution in [0.2, 0.25) is 0 Å². The number of aliphatic hydroxyl groups is 4. The molecule has 2 unspecified atom stereocenters. The van der Waals surface area contributed by atoms with Crippen LogP contribution in [0.15, 0.2) is 23.5 Å². The van der Waals surface area contributed by atoms with Gasteiger partial charge in [-0.2, -0.15) is 0 Å². The lowest BCUT2D eigenvalue weighted by Gasteiger charge is -2.40. The molecule has 5 atom stereocenters. The standard InChI is InChI=1S/C18H29NO8/c1-9(21)19-12-13(23)10(6-5-7-18(2,3)4)15(17(25)26)27-16(12)14(24)11(22)8-20/h5,7,11-14,16,20,22-24H,6,8H2,1-4H3,(H,19,21)(H,25,26)/t11?,12-,13+,14?,16-/m1/s1. The van der Waals surface area contributed by atoms with Crippen LogP contribution in [-0.4, -0.2) is 74.5 Å². The van der Waals surface area contributed by atoms with E-state index in [0.29, 0.717) is 0 Å². The Morgan fingerprint density at radius 3 is 2.33 bits per heavy atom. The zero-order valence-corrected chi connectivity index (χ0v) is 15.9. The second-order valence-electron chi connectivity index (χ2n) is 7.63. The van der Waals surface area contributed by atoms with E-state index in [1.54, 1.807) is 6.08 Å². The number of hydrogen-bond acceptors (Lipinski definition) is 7. The van der Waals surface area contributed by atoms with Gasteiger partial charge in [0.25, 0.3) is 0 Å². The molecule has 6 N–H and O–H groups in total. The van der Waals surface area contributed by atoms with Crippen molar-refractivity contribution in [2.24, 2.45) is 5.41 Å². The Balaban J connectivity index is 3.31. The van der Waals surface area contributed by atoms with Gasteiger partial charge in [-0.25, -0.2) is 4.79 Å². The Morgan fingerprint density at radius 1 is 1.30 bits per heavy atom. The van der Waals surface area contributed by atoms with E-state index in [1.807, 2.05) is 26.8 Å². The monoisotopic (exact) mass is 387 g/mol. The molecule has 0 bridgehead atoms. The van der Waals surface area contributed by atoms with Gasteiger partial charge >= 0.3 is 5.97 Å². The Hall–Kier alpha value is -1.94. The average molecular weight is 387 g/mol. The summed E-state index contributed by atoms with van der Waals surface area (Å²) in [6.07, 6.45) is -2.72. The smallest absolute Gasteiger partial charge is 0.371 e. The SMILES string of the molecule is CC(=O)N[C@@H]1[C@@H](O)C(CC=CC(C)(C)C)=C(C(=O)O)O[C@H]1C(O)C(O)CO. The van der Waals surface area contributed by atoms with Crippen molar-refractivity contribution in [3.8, 4) is 0 Å². The molecule has 0 radical (unpaired) electrons. The summed E-state index contributed by atoms with van der Waals surface area (Å²) in [7, 11) is 0. The summed E-state index contributed by atoms with van der Waals surface area (Å²) < 4.78 is 5.36. The number of allylic oxidation sites excluding steroid dienone is 2. The van der Waals surface area contributed by atoms with Crippen LogP contribution in [0.4, 0.5) is 0 Å². The van der Waals surface area contributed by atoms with E-state index in [9.17, 15) is 30.0 Å². The van der Waals surface area contributed by atoms with E-state index in [2.05, 4.69) is 5.32 Å². The third-order valence-electron chi connectivity index (χ3n) is 4.03. The second-order valence-corrected chi connectivity index (χ2v) is 7.63. The minimum atomic E-state index is -1.73. The number of hydrogen-bond donors (Lipinski definition) is 6. The largest absolute Gasteiger partial charge is 0.478 e. The molecular weight excluding hydrogens is 358 g/mol. The fourth-order valence-electron chi connectivity index (χ4n) is 2.76. The zero-order valence-electron chi connectivity index (χ0n) is 15.9. The molecule has 0 aromatic rings. The first-order valence-corrected chi connectivity index (χ1v) is 8.62. The van der Waals surface area contributed by atoms with Crippen LogP contribution in [-0.2, 0) is 14.3 Å². The van der Waals surface area contributed by atoms with Gasteiger partial charge < -0.3 is 35.6 Å². The van der Waals surface area contributed by atoms with Crippen molar-refractivity contribution >= 4 is 11.9 Å². The summed E-state index contributed by atoms with van der Waals surface area (Å²) in [5.74, 6) is -2.55. The molecule has 154 valence electrons. The topological polar surface area (TPSA) is 157 Å². The van der Waals surface area contributed by atoms with Gasteiger partial charge in [0, 0.05) is 12.5 Å². The summed E-state index contributed by atoms with van der Waals surface area (Å²) in [5, 5.41) is 51.5. The third kappa shape index (κ3) is 6.31. The van der Waals surface area contributed by atoms with Crippen LogP contribution in [0.1, 0.15) is 34.1 Å². The highest BCUT2D eigenvalue weighted by atomic mass is 16.5. The molecule has 0 spiro atoms. The van der Waals surface area contributed by atoms with Crippen molar-refractivity contribution < 1.29 is 39.9 Å². The highest BCUT2D eigenvalue weighted by molar-refractivity contribution is 5.86. The van der Waals surface area contributed by atoms with Crippen molar-refractivity contribution in [2.45, 2.75) is 64.6 Å². The predicted molar refractivity (Wildman–Crippen MR) is 95.5 cm³/mol. The molecule has 27 heavy (non-hydrogen) atoms. The third-order valence-corrected chi connectivity index (χ3v) is 4.03. The Bertz CT molecular complexity index is 607. The number of carbonyl (C=O) groups is 2. The highest BCUT2D eigenvalue weighted by Crippen LogP contribution is 2.31. The fraction of sp³-hybridized carbons (Fsp3) is 0.667. The van der Waals surface area contributed by atoms with Crippen molar-refractivity contribution in [1.29, 1.82) is 0 Å². The van der Waals surface area contributed by atoms with Crippen molar-refractivity contribution in [3.63, 3.8) is 0 Å². The predicted octanol–water partition coefficient (Wildman–Crippen LogP) is -0.704. The molecule has 0 aromatic carbocycles. The number of rotatable bonds is 7. The lowest BCUT2D eigenvalue weighted by molar-refractivity contribution is -0.150. The van der Waals surface area contributed by atoms with E-state index in [0.717, 1.165) is 0 Å². The minimum absolute atomic E-state index is 0.0312. The first-order valence-electron chi connectivity index (χ1n) is 8.62. The van der Waals surface area contributed by atoms with Crippen LogP contribution >= 0.6 is 0 Å². The number of aliphatic hydroxyl groups excluding tert-OH is 4. The van der Waals surface area contributed by atoms with E-state index in [1.165, 1.54) is 6.92 Å². The van der Waals surface area contributed by atoms with Crippen molar-refractivity contribution in [1.82, 2.24) is 5.32 Å². The molecule has 0 aliphatic carbocycles. The summed E-state index contributed by atoms with van der Waals surface area (Å²) in [6.45, 7) is 6.23. The molecule has 9 nitrogen and oxygen atoms in total. The molecule has 0 fully saturated rings. The molecule has 1 aliphatic rings. The van der Waals surface area contributed by atoms with Crippen LogP contribution in [0.3, 0.4) is 0 Å². The molecule has 1 heterocycles. The lowest BCUT2D eigenvalue weighted by Crippen LogP contribution is -2.61. The highest BCUT2D eigenvalue weighted by Gasteiger charge is 2.46. The Morgan fingerprint density at radius 2 is 1.89 bits per heavy atom. The zero-order chi connectivity index (χ0) is 20.9. The number of amides is 1. The van der Waals surface area contributed by atoms with Crippen molar-refractivity contribution in [3.05, 3.63) is 23.5 Å². The average Bonchev–Trinajstić information content (AvgIpc) is 2.55. The molecule has 1 aliphatic heterocycles. The molecule has 0 saturated carbocycles. The first-order chi connectivity index (χ1) is 12.4. The van der Waals surface area contributed by atoms with Gasteiger partial charge in [-0.1, -0.05) is 32.9 Å². The number of carboxylic acid groups (broad SMARTS) is 1. The van der Waals surface area contributed by atoms with Crippen molar-refractivity contribution in [2.75, 3.05) is 6.61 Å². The van der Waals surface area contributed by atoms with E-state index < -0.39 is 54.7 Å². The maximum Gasteiger partial charge on any atom is 0.371 e. The van der Waals surface area contributed by atoms with Crippen LogP contribution < -0.4 is 5.32 Å². The van der Waals surface area contributed by atoms with Crippen LogP contribution in [0.5, 0.6) is 0 Å². The number of ether oxygens (including phenoxy) is 1. The molecule has 0 saturated heterocycles. The Kier molecular flexibility index (Phi) is 7.97. The van der Waals surface area contributed by atoms with E-state index in [-0.39, 0.29) is 17.4 Å². The molecule has 0 aromatic heterocycles.